The van der Waals surface area contributed by atoms with E-state index in [0.717, 1.165) is 15.4 Å². The molecule has 0 aliphatic heterocycles. The molecule has 0 saturated carbocycles. The van der Waals surface area contributed by atoms with Crippen LogP contribution in [0.15, 0.2) is 89.8 Å². The van der Waals surface area contributed by atoms with E-state index in [1.54, 1.807) is 12.1 Å². The molecule has 29 heavy (non-hydrogen) atoms. The minimum absolute atomic E-state index is 0.00815. The molecule has 0 bridgehead atoms. The smallest absolute Gasteiger partial charge is 0.318 e. The molecule has 6 heteroatoms. The molecular weight excluding hydrogens is 386 g/mol. The van der Waals surface area contributed by atoms with E-state index in [1.807, 2.05) is 60.7 Å². The summed E-state index contributed by atoms with van der Waals surface area (Å²) in [6.45, 7) is -0.00815. The Morgan fingerprint density at radius 1 is 0.862 bits per heavy atom. The second kappa shape index (κ2) is 9.03. The van der Waals surface area contributed by atoms with Crippen LogP contribution in [0.2, 0.25) is 0 Å². The number of benzene rings is 3. The fourth-order valence-electron chi connectivity index (χ4n) is 3.00. The molecule has 0 aromatic heterocycles. The second-order valence-electron chi connectivity index (χ2n) is 6.80. The molecule has 0 saturated heterocycles. The van der Waals surface area contributed by atoms with Crippen molar-refractivity contribution in [3.05, 3.63) is 102 Å². The first-order valence-corrected chi connectivity index (χ1v) is 10.6. The topological polar surface area (TPSA) is 63.7 Å². The van der Waals surface area contributed by atoms with E-state index < -0.39 is 15.9 Å². The van der Waals surface area contributed by atoms with Gasteiger partial charge in [0.05, 0.1) is 4.90 Å². The summed E-state index contributed by atoms with van der Waals surface area (Å²) in [5, 5.41) is 0. The Balaban J connectivity index is 1.81. The molecule has 150 valence electrons. The quantitative estimate of drug-likeness (QED) is 0.557. The van der Waals surface area contributed by atoms with Crippen molar-refractivity contribution >= 4 is 16.0 Å². The Labute approximate surface area is 171 Å². The van der Waals surface area contributed by atoms with Crippen molar-refractivity contribution in [3.8, 4) is 0 Å². The van der Waals surface area contributed by atoms with Gasteiger partial charge in [-0.25, -0.2) is 12.7 Å². The average molecular weight is 410 g/mol. The Morgan fingerprint density at radius 3 is 1.93 bits per heavy atom. The molecule has 0 aliphatic carbocycles. The van der Waals surface area contributed by atoms with Crippen LogP contribution in [-0.2, 0) is 26.2 Å². The van der Waals surface area contributed by atoms with Crippen LogP contribution in [0.3, 0.4) is 0 Å². The van der Waals surface area contributed by atoms with E-state index in [9.17, 15) is 13.2 Å². The van der Waals surface area contributed by atoms with Gasteiger partial charge in [0, 0.05) is 14.1 Å². The van der Waals surface area contributed by atoms with Crippen LogP contribution >= 0.6 is 0 Å². The van der Waals surface area contributed by atoms with E-state index in [-0.39, 0.29) is 17.5 Å². The summed E-state index contributed by atoms with van der Waals surface area (Å²) in [4.78, 5) is 13.1. The fourth-order valence-corrected chi connectivity index (χ4v) is 3.97. The zero-order chi connectivity index (χ0) is 20.9. The van der Waals surface area contributed by atoms with E-state index in [4.69, 9.17) is 4.74 Å². The summed E-state index contributed by atoms with van der Waals surface area (Å²) in [5.41, 5.74) is 2.29. The Bertz CT molecular complexity index is 1020. The van der Waals surface area contributed by atoms with Crippen LogP contribution in [0.4, 0.5) is 0 Å². The van der Waals surface area contributed by atoms with Gasteiger partial charge in [0.1, 0.15) is 12.5 Å². The number of ether oxygens (including phenoxy) is 1. The molecule has 0 unspecified atom stereocenters. The highest BCUT2D eigenvalue weighted by Gasteiger charge is 2.24. The number of rotatable bonds is 7. The zero-order valence-corrected chi connectivity index (χ0v) is 17.2. The van der Waals surface area contributed by atoms with Gasteiger partial charge in [-0.05, 0) is 28.8 Å². The van der Waals surface area contributed by atoms with Crippen molar-refractivity contribution in [2.45, 2.75) is 17.4 Å². The maximum Gasteiger partial charge on any atom is 0.318 e. The van der Waals surface area contributed by atoms with Crippen LogP contribution in [-0.4, -0.2) is 32.8 Å². The average Bonchev–Trinajstić information content (AvgIpc) is 2.74. The van der Waals surface area contributed by atoms with E-state index >= 15 is 0 Å². The number of sulfonamides is 1. The van der Waals surface area contributed by atoms with Gasteiger partial charge in [-0.1, -0.05) is 72.8 Å². The molecule has 0 amide bonds. The summed E-state index contributed by atoms with van der Waals surface area (Å²) >= 11 is 0. The lowest BCUT2D eigenvalue weighted by Crippen LogP contribution is -2.22. The molecule has 3 rings (SSSR count). The van der Waals surface area contributed by atoms with Crippen LogP contribution in [0.5, 0.6) is 0 Å². The highest BCUT2D eigenvalue weighted by Crippen LogP contribution is 2.26. The third-order valence-electron chi connectivity index (χ3n) is 4.56. The standard InChI is InChI=1S/C23H23NO4S/c1-24(2)29(26,27)21-15-9-10-18(16-21)17-28-23(25)22(19-11-5-3-6-12-19)20-13-7-4-8-14-20/h3-16,22H,17H2,1-2H3. The van der Waals surface area contributed by atoms with Crippen molar-refractivity contribution < 1.29 is 17.9 Å². The fraction of sp³-hybridized carbons (Fsp3) is 0.174. The van der Waals surface area contributed by atoms with E-state index in [2.05, 4.69) is 0 Å². The molecule has 0 radical (unpaired) electrons. The van der Waals surface area contributed by atoms with Crippen molar-refractivity contribution in [1.82, 2.24) is 4.31 Å². The lowest BCUT2D eigenvalue weighted by atomic mass is 9.91. The molecule has 0 N–H and O–H groups in total. The van der Waals surface area contributed by atoms with Gasteiger partial charge in [-0.3, -0.25) is 4.79 Å². The summed E-state index contributed by atoms with van der Waals surface area (Å²) in [6, 6.07) is 25.3. The van der Waals surface area contributed by atoms with Gasteiger partial charge in [-0.2, -0.15) is 0 Å². The molecular formula is C23H23NO4S. The Morgan fingerprint density at radius 2 is 1.41 bits per heavy atom. The van der Waals surface area contributed by atoms with Gasteiger partial charge in [0.2, 0.25) is 10.0 Å². The van der Waals surface area contributed by atoms with Crippen molar-refractivity contribution in [2.24, 2.45) is 0 Å². The van der Waals surface area contributed by atoms with Crippen LogP contribution in [0, 0.1) is 0 Å². The highest BCUT2D eigenvalue weighted by molar-refractivity contribution is 7.89. The minimum atomic E-state index is -3.55. The zero-order valence-electron chi connectivity index (χ0n) is 16.4. The van der Waals surface area contributed by atoms with Crippen molar-refractivity contribution in [2.75, 3.05) is 14.1 Å². The molecule has 3 aromatic carbocycles. The predicted octanol–water partition coefficient (Wildman–Crippen LogP) is 3.81. The normalized spacial score (nSPS) is 11.6. The lowest BCUT2D eigenvalue weighted by molar-refractivity contribution is -0.145. The summed E-state index contributed by atoms with van der Waals surface area (Å²) in [7, 11) is -0.590. The van der Waals surface area contributed by atoms with Gasteiger partial charge in [0.15, 0.2) is 0 Å². The predicted molar refractivity (Wildman–Crippen MR) is 112 cm³/mol. The van der Waals surface area contributed by atoms with Crippen LogP contribution < -0.4 is 0 Å². The first-order chi connectivity index (χ1) is 13.9. The number of carbonyl (C=O) groups is 1. The Kier molecular flexibility index (Phi) is 6.46. The molecule has 0 spiro atoms. The maximum atomic E-state index is 13.0. The number of nitrogens with zero attached hydrogens (tertiary/aromatic N) is 1. The van der Waals surface area contributed by atoms with Crippen LogP contribution in [0.25, 0.3) is 0 Å². The second-order valence-corrected chi connectivity index (χ2v) is 8.95. The molecule has 0 fully saturated rings. The summed E-state index contributed by atoms with van der Waals surface area (Å²) in [5.74, 6) is -0.936. The maximum absolute atomic E-state index is 13.0. The number of carbonyl (C=O) groups excluding carboxylic acids is 1. The number of esters is 1. The monoisotopic (exact) mass is 409 g/mol. The van der Waals surface area contributed by atoms with Gasteiger partial charge < -0.3 is 4.74 Å². The number of hydrogen-bond acceptors (Lipinski definition) is 4. The van der Waals surface area contributed by atoms with Gasteiger partial charge in [0.25, 0.3) is 0 Å². The third kappa shape index (κ3) is 4.91. The first kappa shape index (κ1) is 20.8. The summed E-state index contributed by atoms with van der Waals surface area (Å²) < 4.78 is 31.4. The van der Waals surface area contributed by atoms with Crippen molar-refractivity contribution in [3.63, 3.8) is 0 Å². The molecule has 0 aliphatic rings. The Hall–Kier alpha value is -2.96. The SMILES string of the molecule is CN(C)S(=O)(=O)c1cccc(COC(=O)C(c2ccccc2)c2ccccc2)c1. The van der Waals surface area contributed by atoms with Gasteiger partial charge >= 0.3 is 5.97 Å². The van der Waals surface area contributed by atoms with Crippen molar-refractivity contribution in [1.29, 1.82) is 0 Å². The van der Waals surface area contributed by atoms with E-state index in [0.29, 0.717) is 5.56 Å². The summed E-state index contributed by atoms with van der Waals surface area (Å²) in [6.07, 6.45) is 0. The van der Waals surface area contributed by atoms with Gasteiger partial charge in [-0.15, -0.1) is 0 Å². The first-order valence-electron chi connectivity index (χ1n) is 9.17. The minimum Gasteiger partial charge on any atom is -0.460 e. The molecule has 0 atom stereocenters. The highest BCUT2D eigenvalue weighted by atomic mass is 32.2. The van der Waals surface area contributed by atoms with Crippen LogP contribution in [0.1, 0.15) is 22.6 Å². The molecule has 5 nitrogen and oxygen atoms in total. The largest absolute Gasteiger partial charge is 0.460 e. The molecule has 0 heterocycles. The van der Waals surface area contributed by atoms with E-state index in [1.165, 1.54) is 26.2 Å². The number of hydrogen-bond donors (Lipinski definition) is 0. The third-order valence-corrected chi connectivity index (χ3v) is 6.37. The lowest BCUT2D eigenvalue weighted by Gasteiger charge is -2.17. The molecule has 3 aromatic rings.